The van der Waals surface area contributed by atoms with Crippen LogP contribution in [-0.4, -0.2) is 24.0 Å². The zero-order chi connectivity index (χ0) is 10.8. The van der Waals surface area contributed by atoms with Crippen LogP contribution in [-0.2, 0) is 13.1 Å². The minimum Gasteiger partial charge on any atom is -0.313 e. The van der Waals surface area contributed by atoms with Gasteiger partial charge in [0.1, 0.15) is 0 Å². The van der Waals surface area contributed by atoms with Gasteiger partial charge in [0.25, 0.3) is 0 Å². The number of nitrogens with one attached hydrogen (secondary N) is 1. The smallest absolute Gasteiger partial charge is 0.0241 e. The molecule has 2 heteroatoms. The molecule has 1 aromatic carbocycles. The monoisotopic (exact) mass is 216 g/mol. The molecule has 2 nitrogen and oxygen atoms in total. The summed E-state index contributed by atoms with van der Waals surface area (Å²) in [5.41, 5.74) is 3.04. The molecule has 1 aliphatic carbocycles. The van der Waals surface area contributed by atoms with Crippen molar-refractivity contribution in [1.82, 2.24) is 10.2 Å². The van der Waals surface area contributed by atoms with Gasteiger partial charge in [-0.05, 0) is 24.0 Å². The van der Waals surface area contributed by atoms with E-state index in [0.29, 0.717) is 0 Å². The van der Waals surface area contributed by atoms with E-state index in [9.17, 15) is 0 Å². The zero-order valence-corrected chi connectivity index (χ0v) is 9.78. The summed E-state index contributed by atoms with van der Waals surface area (Å²) in [6.07, 6.45) is 4.20. The largest absolute Gasteiger partial charge is 0.313 e. The fourth-order valence-electron chi connectivity index (χ4n) is 2.60. The third kappa shape index (κ3) is 2.13. The Balaban J connectivity index is 1.45. The van der Waals surface area contributed by atoms with Crippen LogP contribution < -0.4 is 5.32 Å². The van der Waals surface area contributed by atoms with Crippen LogP contribution in [0.3, 0.4) is 0 Å². The Bertz CT molecular complexity index is 333. The molecule has 16 heavy (non-hydrogen) atoms. The normalized spacial score (nSPS) is 20.8. The molecule has 1 N–H and O–H groups in total. The van der Waals surface area contributed by atoms with Gasteiger partial charge in [0.15, 0.2) is 0 Å². The summed E-state index contributed by atoms with van der Waals surface area (Å²) in [4.78, 5) is 2.54. The van der Waals surface area contributed by atoms with E-state index < -0.39 is 0 Å². The molecule has 0 atom stereocenters. The van der Waals surface area contributed by atoms with Crippen LogP contribution in [0.1, 0.15) is 30.4 Å². The van der Waals surface area contributed by atoms with Crippen LogP contribution in [0.2, 0.25) is 0 Å². The standard InChI is InChI=1S/C14H20N2/c1-2-5-13-11-16(10-12(13)4-1)9-8-15-14-6-3-7-14/h1-2,4-5,14-15H,3,6-11H2. The Morgan fingerprint density at radius 3 is 2.38 bits per heavy atom. The number of benzene rings is 1. The Kier molecular flexibility index (Phi) is 2.94. The Hall–Kier alpha value is -0.860. The van der Waals surface area contributed by atoms with E-state index in [1.165, 1.54) is 36.9 Å². The first-order valence-electron chi connectivity index (χ1n) is 6.44. The van der Waals surface area contributed by atoms with Gasteiger partial charge in [-0.1, -0.05) is 30.7 Å². The van der Waals surface area contributed by atoms with Gasteiger partial charge in [0.05, 0.1) is 0 Å². The van der Waals surface area contributed by atoms with Crippen molar-refractivity contribution in [3.05, 3.63) is 35.4 Å². The summed E-state index contributed by atoms with van der Waals surface area (Å²) < 4.78 is 0. The van der Waals surface area contributed by atoms with Crippen LogP contribution in [0, 0.1) is 0 Å². The van der Waals surface area contributed by atoms with E-state index in [4.69, 9.17) is 0 Å². The summed E-state index contributed by atoms with van der Waals surface area (Å²) in [5.74, 6) is 0. The first-order valence-corrected chi connectivity index (χ1v) is 6.44. The molecule has 0 spiro atoms. The van der Waals surface area contributed by atoms with Crippen molar-refractivity contribution in [3.8, 4) is 0 Å². The van der Waals surface area contributed by atoms with Gasteiger partial charge >= 0.3 is 0 Å². The lowest BCUT2D eigenvalue weighted by atomic mass is 9.93. The van der Waals surface area contributed by atoms with Gasteiger partial charge in [-0.3, -0.25) is 4.90 Å². The van der Waals surface area contributed by atoms with Crippen LogP contribution in [0.5, 0.6) is 0 Å². The maximum absolute atomic E-state index is 3.63. The van der Waals surface area contributed by atoms with Gasteiger partial charge in [0.2, 0.25) is 0 Å². The summed E-state index contributed by atoms with van der Waals surface area (Å²) in [7, 11) is 0. The Morgan fingerprint density at radius 2 is 1.81 bits per heavy atom. The number of hydrogen-bond acceptors (Lipinski definition) is 2. The molecule has 1 aromatic rings. The molecule has 0 aromatic heterocycles. The predicted molar refractivity (Wildman–Crippen MR) is 66.2 cm³/mol. The maximum atomic E-state index is 3.63. The zero-order valence-electron chi connectivity index (χ0n) is 9.78. The van der Waals surface area contributed by atoms with Crippen LogP contribution in [0.25, 0.3) is 0 Å². The molecule has 1 heterocycles. The van der Waals surface area contributed by atoms with Gasteiger partial charge in [-0.2, -0.15) is 0 Å². The predicted octanol–water partition coefficient (Wildman–Crippen LogP) is 2.14. The van der Waals surface area contributed by atoms with Gasteiger partial charge in [-0.15, -0.1) is 0 Å². The van der Waals surface area contributed by atoms with E-state index in [1.807, 2.05) is 0 Å². The molecule has 0 unspecified atom stereocenters. The highest BCUT2D eigenvalue weighted by Crippen LogP contribution is 2.22. The SMILES string of the molecule is c1ccc2c(c1)CN(CCNC1CCC1)C2. The highest BCUT2D eigenvalue weighted by atomic mass is 15.2. The minimum atomic E-state index is 0.824. The molecule has 0 radical (unpaired) electrons. The summed E-state index contributed by atoms with van der Waals surface area (Å²) >= 11 is 0. The van der Waals surface area contributed by atoms with E-state index >= 15 is 0 Å². The highest BCUT2D eigenvalue weighted by Gasteiger charge is 2.19. The third-order valence-corrected chi connectivity index (χ3v) is 3.87. The molecular weight excluding hydrogens is 196 g/mol. The van der Waals surface area contributed by atoms with Crippen molar-refractivity contribution >= 4 is 0 Å². The van der Waals surface area contributed by atoms with Crippen LogP contribution >= 0.6 is 0 Å². The Labute approximate surface area is 97.6 Å². The molecular formula is C14H20N2. The van der Waals surface area contributed by atoms with Crippen LogP contribution in [0.4, 0.5) is 0 Å². The fraction of sp³-hybridized carbons (Fsp3) is 0.571. The van der Waals surface area contributed by atoms with Crippen molar-refractivity contribution in [2.24, 2.45) is 0 Å². The molecule has 0 bridgehead atoms. The van der Waals surface area contributed by atoms with Crippen molar-refractivity contribution in [2.75, 3.05) is 13.1 Å². The second-order valence-electron chi connectivity index (χ2n) is 5.06. The summed E-state index contributed by atoms with van der Waals surface area (Å²) in [5, 5.41) is 3.63. The average Bonchev–Trinajstić information content (AvgIpc) is 2.64. The van der Waals surface area contributed by atoms with Gasteiger partial charge in [0, 0.05) is 32.2 Å². The van der Waals surface area contributed by atoms with Gasteiger partial charge in [-0.25, -0.2) is 0 Å². The Morgan fingerprint density at radius 1 is 1.12 bits per heavy atom. The van der Waals surface area contributed by atoms with Crippen molar-refractivity contribution in [2.45, 2.75) is 38.4 Å². The number of hydrogen-bond donors (Lipinski definition) is 1. The lowest BCUT2D eigenvalue weighted by Gasteiger charge is -2.27. The summed E-state index contributed by atoms with van der Waals surface area (Å²) in [6.45, 7) is 4.62. The van der Waals surface area contributed by atoms with Crippen LogP contribution in [0.15, 0.2) is 24.3 Å². The number of fused-ring (bicyclic) bond motifs is 1. The molecule has 0 amide bonds. The lowest BCUT2D eigenvalue weighted by molar-refractivity contribution is 0.260. The van der Waals surface area contributed by atoms with E-state index in [1.54, 1.807) is 0 Å². The number of rotatable bonds is 4. The molecule has 86 valence electrons. The third-order valence-electron chi connectivity index (χ3n) is 3.87. The molecule has 2 aliphatic rings. The minimum absolute atomic E-state index is 0.824. The van der Waals surface area contributed by atoms with E-state index in [0.717, 1.165) is 25.7 Å². The van der Waals surface area contributed by atoms with E-state index in [2.05, 4.69) is 34.5 Å². The number of nitrogens with zero attached hydrogens (tertiary/aromatic N) is 1. The molecule has 1 aliphatic heterocycles. The molecule has 1 saturated carbocycles. The topological polar surface area (TPSA) is 15.3 Å². The van der Waals surface area contributed by atoms with Crippen molar-refractivity contribution in [1.29, 1.82) is 0 Å². The first kappa shape index (κ1) is 10.3. The maximum Gasteiger partial charge on any atom is 0.0241 e. The first-order chi connectivity index (χ1) is 7.92. The average molecular weight is 216 g/mol. The van der Waals surface area contributed by atoms with Crippen molar-refractivity contribution < 1.29 is 0 Å². The quantitative estimate of drug-likeness (QED) is 0.829. The fourth-order valence-corrected chi connectivity index (χ4v) is 2.60. The molecule has 1 fully saturated rings. The lowest BCUT2D eigenvalue weighted by Crippen LogP contribution is -2.39. The van der Waals surface area contributed by atoms with E-state index in [-0.39, 0.29) is 0 Å². The summed E-state index contributed by atoms with van der Waals surface area (Å²) in [6, 6.07) is 9.64. The van der Waals surface area contributed by atoms with Crippen molar-refractivity contribution in [3.63, 3.8) is 0 Å². The second-order valence-corrected chi connectivity index (χ2v) is 5.06. The van der Waals surface area contributed by atoms with Gasteiger partial charge < -0.3 is 5.32 Å². The second kappa shape index (κ2) is 4.56. The highest BCUT2D eigenvalue weighted by molar-refractivity contribution is 5.30. The molecule has 3 rings (SSSR count). The molecule has 0 saturated heterocycles.